The maximum atomic E-state index is 12.1. The Morgan fingerprint density at radius 3 is 2.39 bits per heavy atom. The Kier molecular flexibility index (Phi) is 3.90. The molecule has 18 heavy (non-hydrogen) atoms. The topological polar surface area (TPSA) is 42.0 Å². The molecule has 1 amide bonds. The first-order valence-electron chi connectivity index (χ1n) is 5.18. The predicted octanol–water partition coefficient (Wildman–Crippen LogP) is 4.32. The minimum Gasteiger partial charge on any atom is -0.318 e. The fourth-order valence-electron chi connectivity index (χ4n) is 1.53. The maximum absolute atomic E-state index is 12.1. The third-order valence-electron chi connectivity index (χ3n) is 2.32. The number of hydrogen-bond acceptors (Lipinski definition) is 3. The minimum atomic E-state index is -0.299. The summed E-state index contributed by atoms with van der Waals surface area (Å²) in [6.45, 7) is 3.71. The highest BCUT2D eigenvalue weighted by Crippen LogP contribution is 2.30. The van der Waals surface area contributed by atoms with Gasteiger partial charge in [0.25, 0.3) is 5.91 Å². The highest BCUT2D eigenvalue weighted by Gasteiger charge is 2.16. The molecule has 0 fully saturated rings. The first kappa shape index (κ1) is 13.3. The Morgan fingerprint density at radius 2 is 1.89 bits per heavy atom. The molecule has 0 unspecified atom stereocenters. The second-order valence-electron chi connectivity index (χ2n) is 3.69. The van der Waals surface area contributed by atoms with Crippen molar-refractivity contribution in [3.63, 3.8) is 0 Å². The van der Waals surface area contributed by atoms with E-state index in [0.717, 1.165) is 9.88 Å². The minimum absolute atomic E-state index is 0.299. The molecule has 0 atom stereocenters. The first-order valence-corrected chi connectivity index (χ1v) is 6.75. The lowest BCUT2D eigenvalue weighted by Gasteiger charge is -2.08. The van der Waals surface area contributed by atoms with Crippen molar-refractivity contribution in [2.45, 2.75) is 13.8 Å². The Morgan fingerprint density at radius 1 is 1.28 bits per heavy atom. The smallest absolute Gasteiger partial charge is 0.275 e. The number of benzene rings is 1. The van der Waals surface area contributed by atoms with Crippen LogP contribution in [0.2, 0.25) is 10.0 Å². The van der Waals surface area contributed by atoms with Gasteiger partial charge in [0, 0.05) is 4.88 Å². The van der Waals surface area contributed by atoms with Crippen LogP contribution in [0.5, 0.6) is 0 Å². The molecular formula is C12H10Cl2N2OS. The largest absolute Gasteiger partial charge is 0.318 e. The van der Waals surface area contributed by atoms with E-state index in [-0.39, 0.29) is 5.91 Å². The van der Waals surface area contributed by atoms with Crippen LogP contribution in [-0.4, -0.2) is 10.9 Å². The molecule has 0 aliphatic rings. The van der Waals surface area contributed by atoms with Crippen LogP contribution < -0.4 is 5.32 Å². The van der Waals surface area contributed by atoms with Gasteiger partial charge in [-0.3, -0.25) is 4.79 Å². The molecule has 1 aromatic carbocycles. The van der Waals surface area contributed by atoms with Crippen LogP contribution in [0.4, 0.5) is 5.69 Å². The Labute approximate surface area is 119 Å². The molecule has 1 heterocycles. The normalized spacial score (nSPS) is 10.4. The summed E-state index contributed by atoms with van der Waals surface area (Å²) in [5, 5.41) is 4.35. The Bertz CT molecular complexity index is 590. The number of nitrogens with zero attached hydrogens (tertiary/aromatic N) is 1. The molecule has 94 valence electrons. The fraction of sp³-hybridized carbons (Fsp3) is 0.167. The SMILES string of the molecule is Cc1nc(C(=O)Nc2c(Cl)cccc2Cl)c(C)s1. The number of thiazole rings is 1. The van der Waals surface area contributed by atoms with E-state index in [1.54, 1.807) is 18.2 Å². The van der Waals surface area contributed by atoms with Gasteiger partial charge in [0.05, 0.1) is 20.7 Å². The summed E-state index contributed by atoms with van der Waals surface area (Å²) in [4.78, 5) is 17.1. The van der Waals surface area contributed by atoms with E-state index in [1.165, 1.54) is 11.3 Å². The van der Waals surface area contributed by atoms with Gasteiger partial charge >= 0.3 is 0 Å². The number of rotatable bonds is 2. The zero-order valence-corrected chi connectivity index (χ0v) is 12.1. The molecule has 0 aliphatic heterocycles. The third-order valence-corrected chi connectivity index (χ3v) is 3.84. The number of hydrogen-bond donors (Lipinski definition) is 1. The van der Waals surface area contributed by atoms with E-state index in [2.05, 4.69) is 10.3 Å². The fourth-order valence-corrected chi connectivity index (χ4v) is 2.84. The lowest BCUT2D eigenvalue weighted by molar-refractivity contribution is 0.102. The van der Waals surface area contributed by atoms with E-state index in [0.29, 0.717) is 21.4 Å². The van der Waals surface area contributed by atoms with Crippen molar-refractivity contribution in [2.75, 3.05) is 5.32 Å². The molecule has 2 rings (SSSR count). The van der Waals surface area contributed by atoms with Crippen LogP contribution in [-0.2, 0) is 0 Å². The van der Waals surface area contributed by atoms with Crippen molar-refractivity contribution in [1.29, 1.82) is 0 Å². The summed E-state index contributed by atoms with van der Waals surface area (Å²) in [6, 6.07) is 5.06. The molecular weight excluding hydrogens is 291 g/mol. The van der Waals surface area contributed by atoms with Gasteiger partial charge in [0.1, 0.15) is 5.69 Å². The number of carbonyl (C=O) groups excluding carboxylic acids is 1. The van der Waals surface area contributed by atoms with Gasteiger partial charge < -0.3 is 5.32 Å². The highest BCUT2D eigenvalue weighted by atomic mass is 35.5. The van der Waals surface area contributed by atoms with Gasteiger partial charge in [-0.25, -0.2) is 4.98 Å². The van der Waals surface area contributed by atoms with Crippen molar-refractivity contribution >= 4 is 46.1 Å². The molecule has 1 aromatic heterocycles. The maximum Gasteiger partial charge on any atom is 0.275 e. The number of halogens is 2. The summed E-state index contributed by atoms with van der Waals surface area (Å²) in [5.41, 5.74) is 0.823. The summed E-state index contributed by atoms with van der Waals surface area (Å²) >= 11 is 13.5. The molecule has 0 saturated heterocycles. The number of amides is 1. The van der Waals surface area contributed by atoms with Gasteiger partial charge in [0.2, 0.25) is 0 Å². The van der Waals surface area contributed by atoms with Crippen molar-refractivity contribution in [3.8, 4) is 0 Å². The molecule has 0 radical (unpaired) electrons. The van der Waals surface area contributed by atoms with Crippen LogP contribution in [0.15, 0.2) is 18.2 Å². The molecule has 0 aliphatic carbocycles. The van der Waals surface area contributed by atoms with E-state index in [1.807, 2.05) is 13.8 Å². The standard InChI is InChI=1S/C12H10Cl2N2OS/c1-6-10(15-7(2)18-6)12(17)16-11-8(13)4-3-5-9(11)14/h3-5H,1-2H3,(H,16,17). The first-order chi connectivity index (χ1) is 8.49. The lowest BCUT2D eigenvalue weighted by Crippen LogP contribution is -2.14. The summed E-state index contributed by atoms with van der Waals surface area (Å²) in [6.07, 6.45) is 0. The number of aryl methyl sites for hydroxylation is 2. The molecule has 0 spiro atoms. The van der Waals surface area contributed by atoms with Crippen molar-refractivity contribution < 1.29 is 4.79 Å². The van der Waals surface area contributed by atoms with Crippen molar-refractivity contribution in [1.82, 2.24) is 4.98 Å². The van der Waals surface area contributed by atoms with Gasteiger partial charge in [0.15, 0.2) is 0 Å². The molecule has 0 saturated carbocycles. The van der Waals surface area contributed by atoms with Crippen LogP contribution in [0.1, 0.15) is 20.4 Å². The lowest BCUT2D eigenvalue weighted by atomic mass is 10.3. The highest BCUT2D eigenvalue weighted by molar-refractivity contribution is 7.11. The van der Waals surface area contributed by atoms with Crippen molar-refractivity contribution in [2.24, 2.45) is 0 Å². The van der Waals surface area contributed by atoms with Crippen molar-refractivity contribution in [3.05, 3.63) is 43.8 Å². The molecule has 3 nitrogen and oxygen atoms in total. The van der Waals surface area contributed by atoms with E-state index in [4.69, 9.17) is 23.2 Å². The molecule has 6 heteroatoms. The van der Waals surface area contributed by atoms with Gasteiger partial charge in [-0.15, -0.1) is 11.3 Å². The second kappa shape index (κ2) is 5.26. The van der Waals surface area contributed by atoms with Crippen LogP contribution in [0, 0.1) is 13.8 Å². The van der Waals surface area contributed by atoms with Crippen LogP contribution >= 0.6 is 34.5 Å². The molecule has 0 bridgehead atoms. The monoisotopic (exact) mass is 300 g/mol. The van der Waals surface area contributed by atoms with Gasteiger partial charge in [-0.2, -0.15) is 0 Å². The number of aromatic nitrogens is 1. The molecule has 1 N–H and O–H groups in total. The number of para-hydroxylation sites is 1. The number of anilines is 1. The average Bonchev–Trinajstić information content (AvgIpc) is 2.63. The van der Waals surface area contributed by atoms with Gasteiger partial charge in [-0.1, -0.05) is 29.3 Å². The Hall–Kier alpha value is -1.10. The molecule has 2 aromatic rings. The van der Waals surface area contributed by atoms with Crippen LogP contribution in [0.25, 0.3) is 0 Å². The zero-order valence-electron chi connectivity index (χ0n) is 9.75. The van der Waals surface area contributed by atoms with E-state index < -0.39 is 0 Å². The predicted molar refractivity (Wildman–Crippen MR) is 76.0 cm³/mol. The number of carbonyl (C=O) groups is 1. The summed E-state index contributed by atoms with van der Waals surface area (Å²) in [5.74, 6) is -0.299. The Balaban J connectivity index is 2.30. The van der Waals surface area contributed by atoms with E-state index >= 15 is 0 Å². The summed E-state index contributed by atoms with van der Waals surface area (Å²) < 4.78 is 0. The second-order valence-corrected chi connectivity index (χ2v) is 5.91. The van der Waals surface area contributed by atoms with E-state index in [9.17, 15) is 4.79 Å². The quantitative estimate of drug-likeness (QED) is 0.897. The number of nitrogens with one attached hydrogen (secondary N) is 1. The average molecular weight is 301 g/mol. The third kappa shape index (κ3) is 2.66. The summed E-state index contributed by atoms with van der Waals surface area (Å²) in [7, 11) is 0. The zero-order chi connectivity index (χ0) is 13.3. The van der Waals surface area contributed by atoms with Gasteiger partial charge in [-0.05, 0) is 26.0 Å². The van der Waals surface area contributed by atoms with Crippen LogP contribution in [0.3, 0.4) is 0 Å².